The van der Waals surface area contributed by atoms with Crippen LogP contribution in [0.2, 0.25) is 0 Å². The monoisotopic (exact) mass is 701 g/mol. The van der Waals surface area contributed by atoms with E-state index in [-0.39, 0.29) is 22.6 Å². The Kier molecular flexibility index (Phi) is 10.1. The molecule has 2 aliphatic rings. The number of aryl methyl sites for hydroxylation is 1. The molecule has 12 heteroatoms. The second-order valence-electron chi connectivity index (χ2n) is 13.9. The van der Waals surface area contributed by atoms with Gasteiger partial charge < -0.3 is 24.7 Å². The number of nitrogens with zero attached hydrogens (tertiary/aromatic N) is 9. The predicted molar refractivity (Wildman–Crippen MR) is 199 cm³/mol. The second-order valence-corrected chi connectivity index (χ2v) is 13.9. The lowest BCUT2D eigenvalue weighted by molar-refractivity contribution is 0.0780. The van der Waals surface area contributed by atoms with Crippen molar-refractivity contribution < 1.29 is 14.7 Å². The van der Waals surface area contributed by atoms with Crippen molar-refractivity contribution in [3.63, 3.8) is 0 Å². The maximum absolute atomic E-state index is 14.1. The van der Waals surface area contributed by atoms with E-state index in [0.717, 1.165) is 85.8 Å². The van der Waals surface area contributed by atoms with E-state index in [2.05, 4.69) is 72.4 Å². The van der Waals surface area contributed by atoms with Crippen LogP contribution in [0.25, 0.3) is 16.7 Å². The highest BCUT2D eigenvalue weighted by atomic mass is 19.1. The largest absolute Gasteiger partial charge is 0.412 e. The first-order chi connectivity index (χ1) is 25.0. The number of halogens is 1. The van der Waals surface area contributed by atoms with Gasteiger partial charge in [-0.25, -0.2) is 14.1 Å². The lowest BCUT2D eigenvalue weighted by Gasteiger charge is -2.33. The molecule has 1 unspecified atom stereocenters. The Bertz CT molecular complexity index is 2120. The smallest absolute Gasteiger partial charge is 0.254 e. The van der Waals surface area contributed by atoms with Gasteiger partial charge in [-0.1, -0.05) is 60.7 Å². The number of hydrogen-bond acceptors (Lipinski definition) is 7. The van der Waals surface area contributed by atoms with Gasteiger partial charge in [-0.05, 0) is 103 Å². The molecular formula is C40H44FN9O2. The molecule has 0 spiro atoms. The van der Waals surface area contributed by atoms with Gasteiger partial charge in [0, 0.05) is 43.7 Å². The molecular weight excluding hydrogens is 657 g/mol. The molecule has 2 aromatic heterocycles. The molecule has 2 fully saturated rings. The zero-order valence-corrected chi connectivity index (χ0v) is 29.4. The van der Waals surface area contributed by atoms with Crippen molar-refractivity contribution in [3.05, 3.63) is 131 Å². The number of amides is 1. The Balaban J connectivity index is 0.00000420. The molecule has 4 heterocycles. The molecule has 6 aromatic rings. The van der Waals surface area contributed by atoms with Gasteiger partial charge in [0.2, 0.25) is 5.95 Å². The van der Waals surface area contributed by atoms with Crippen molar-refractivity contribution >= 4 is 22.9 Å². The summed E-state index contributed by atoms with van der Waals surface area (Å²) in [5, 5.41) is 11.5. The van der Waals surface area contributed by atoms with Crippen LogP contribution in [0.4, 0.5) is 10.3 Å². The van der Waals surface area contributed by atoms with E-state index < -0.39 is 0 Å². The first kappa shape index (κ1) is 35.0. The Morgan fingerprint density at radius 2 is 1.69 bits per heavy atom. The fourth-order valence-corrected chi connectivity index (χ4v) is 7.85. The fraction of sp³-hybridized carbons (Fsp3) is 0.325. The summed E-state index contributed by atoms with van der Waals surface area (Å²) in [6.07, 6.45) is 4.45. The fourth-order valence-electron chi connectivity index (χ4n) is 7.85. The van der Waals surface area contributed by atoms with Crippen LogP contribution in [0.3, 0.4) is 0 Å². The number of carbonyl (C=O) groups is 1. The standard InChI is InChI=1S/C40H42FN9O.H2O/c1-30-12-17-34(50-29-42-44-45-50)26-35(30)38(51)48-23-19-40(28-48,32-8-3-2-4-9-32)18-22-46-20-7-21-47(25-24-46)39-43-36-10-5-6-11-37(36)49(39)27-31-13-15-33(41)16-14-31;/h2-6,8-17,26,29H,7,18-25,27-28H2,1H3;1H2. The Morgan fingerprint density at radius 1 is 0.885 bits per heavy atom. The van der Waals surface area contributed by atoms with Gasteiger partial charge in [-0.2, -0.15) is 0 Å². The van der Waals surface area contributed by atoms with Crippen molar-refractivity contribution in [1.82, 2.24) is 39.6 Å². The molecule has 11 nitrogen and oxygen atoms in total. The molecule has 0 radical (unpaired) electrons. The van der Waals surface area contributed by atoms with Gasteiger partial charge in [0.25, 0.3) is 5.91 Å². The van der Waals surface area contributed by atoms with Crippen molar-refractivity contribution in [2.45, 2.75) is 38.1 Å². The van der Waals surface area contributed by atoms with Gasteiger partial charge in [-0.15, -0.1) is 5.10 Å². The van der Waals surface area contributed by atoms with Crippen LogP contribution in [-0.4, -0.2) is 96.8 Å². The number of benzene rings is 4. The number of para-hydroxylation sites is 2. The molecule has 1 amide bonds. The minimum atomic E-state index is -0.227. The average Bonchev–Trinajstić information content (AvgIpc) is 3.90. The Morgan fingerprint density at radius 3 is 2.50 bits per heavy atom. The third-order valence-corrected chi connectivity index (χ3v) is 10.8. The van der Waals surface area contributed by atoms with Crippen LogP contribution >= 0.6 is 0 Å². The summed E-state index contributed by atoms with van der Waals surface area (Å²) < 4.78 is 17.5. The summed E-state index contributed by atoms with van der Waals surface area (Å²) in [6, 6.07) is 31.6. The van der Waals surface area contributed by atoms with E-state index in [1.54, 1.807) is 11.0 Å². The second kappa shape index (κ2) is 15.0. The molecule has 4 aromatic carbocycles. The first-order valence-electron chi connectivity index (χ1n) is 17.8. The highest BCUT2D eigenvalue weighted by Crippen LogP contribution is 2.39. The van der Waals surface area contributed by atoms with Crippen LogP contribution < -0.4 is 4.90 Å². The number of carbonyl (C=O) groups excluding carboxylic acids is 1. The molecule has 2 N–H and O–H groups in total. The van der Waals surface area contributed by atoms with Crippen molar-refractivity contribution in [2.75, 3.05) is 50.7 Å². The molecule has 52 heavy (non-hydrogen) atoms. The van der Waals surface area contributed by atoms with Crippen molar-refractivity contribution in [1.29, 1.82) is 0 Å². The minimum absolute atomic E-state index is 0. The van der Waals surface area contributed by atoms with E-state index in [9.17, 15) is 9.18 Å². The quantitative estimate of drug-likeness (QED) is 0.207. The number of likely N-dealkylation sites (tertiary alicyclic amines) is 1. The maximum Gasteiger partial charge on any atom is 0.254 e. The first-order valence-corrected chi connectivity index (χ1v) is 17.8. The number of aromatic nitrogens is 6. The summed E-state index contributed by atoms with van der Waals surface area (Å²) in [4.78, 5) is 26.2. The Hall–Kier alpha value is -5.46. The number of imidazole rings is 1. The normalized spacial score (nSPS) is 18.0. The molecule has 0 aliphatic carbocycles. The van der Waals surface area contributed by atoms with Crippen LogP contribution in [0.5, 0.6) is 0 Å². The predicted octanol–water partition coefficient (Wildman–Crippen LogP) is 5.07. The van der Waals surface area contributed by atoms with Gasteiger partial charge in [0.1, 0.15) is 12.1 Å². The Labute approximate surface area is 302 Å². The highest BCUT2D eigenvalue weighted by Gasteiger charge is 2.42. The van der Waals surface area contributed by atoms with E-state index >= 15 is 0 Å². The van der Waals surface area contributed by atoms with Gasteiger partial charge in [0.05, 0.1) is 23.3 Å². The minimum Gasteiger partial charge on any atom is -0.412 e. The third-order valence-electron chi connectivity index (χ3n) is 10.8. The maximum atomic E-state index is 14.1. The van der Waals surface area contributed by atoms with Gasteiger partial charge in [0.15, 0.2) is 0 Å². The lowest BCUT2D eigenvalue weighted by Crippen LogP contribution is -2.39. The summed E-state index contributed by atoms with van der Waals surface area (Å²) in [5.41, 5.74) is 6.66. The molecule has 2 aliphatic heterocycles. The lowest BCUT2D eigenvalue weighted by atomic mass is 9.76. The van der Waals surface area contributed by atoms with E-state index in [1.807, 2.05) is 54.3 Å². The van der Waals surface area contributed by atoms with Gasteiger partial charge in [-0.3, -0.25) is 4.79 Å². The number of anilines is 1. The zero-order chi connectivity index (χ0) is 34.8. The van der Waals surface area contributed by atoms with Crippen molar-refractivity contribution in [3.8, 4) is 5.69 Å². The molecule has 0 saturated carbocycles. The SMILES string of the molecule is Cc1ccc(-n2cnnn2)cc1C(=O)N1CCC(CCN2CCCN(c3nc4ccccc4n3Cc3ccc(F)cc3)CC2)(c2ccccc2)C1.O. The van der Waals surface area contributed by atoms with Crippen LogP contribution in [0.1, 0.15) is 46.3 Å². The highest BCUT2D eigenvalue weighted by molar-refractivity contribution is 5.96. The van der Waals surface area contributed by atoms with E-state index in [4.69, 9.17) is 4.98 Å². The van der Waals surface area contributed by atoms with Crippen molar-refractivity contribution in [2.24, 2.45) is 0 Å². The average molecular weight is 702 g/mol. The number of fused-ring (bicyclic) bond motifs is 1. The summed E-state index contributed by atoms with van der Waals surface area (Å²) in [6.45, 7) is 8.67. The number of rotatable bonds is 9. The molecule has 2 saturated heterocycles. The molecule has 268 valence electrons. The molecule has 1 atom stereocenters. The number of tetrazole rings is 1. The number of hydrogen-bond donors (Lipinski definition) is 0. The summed E-state index contributed by atoms with van der Waals surface area (Å²) >= 11 is 0. The van der Waals surface area contributed by atoms with Crippen LogP contribution in [0, 0.1) is 12.7 Å². The summed E-state index contributed by atoms with van der Waals surface area (Å²) in [7, 11) is 0. The van der Waals surface area contributed by atoms with E-state index in [1.165, 1.54) is 17.7 Å². The summed E-state index contributed by atoms with van der Waals surface area (Å²) in [5.74, 6) is 0.789. The third kappa shape index (κ3) is 7.04. The zero-order valence-electron chi connectivity index (χ0n) is 29.4. The van der Waals surface area contributed by atoms with E-state index in [0.29, 0.717) is 25.2 Å². The molecule has 0 bridgehead atoms. The molecule has 8 rings (SSSR count). The van der Waals surface area contributed by atoms with Crippen LogP contribution in [0.15, 0.2) is 103 Å². The van der Waals surface area contributed by atoms with Gasteiger partial charge >= 0.3 is 0 Å². The topological polar surface area (TPSA) is 120 Å². The van der Waals surface area contributed by atoms with Crippen LogP contribution in [-0.2, 0) is 12.0 Å².